The smallest absolute Gasteiger partial charge is 0.344 e. The van der Waals surface area contributed by atoms with Crippen molar-refractivity contribution in [2.45, 2.75) is 38.8 Å². The van der Waals surface area contributed by atoms with Crippen molar-refractivity contribution in [2.24, 2.45) is 4.99 Å². The fourth-order valence-electron chi connectivity index (χ4n) is 3.80. The van der Waals surface area contributed by atoms with E-state index in [-0.39, 0.29) is 17.9 Å². The summed E-state index contributed by atoms with van der Waals surface area (Å²) in [5, 5.41) is 8.54. The third-order valence-electron chi connectivity index (χ3n) is 5.52. The average Bonchev–Trinajstić information content (AvgIpc) is 2.74. The molecule has 3 rings (SSSR count). The van der Waals surface area contributed by atoms with Crippen molar-refractivity contribution in [3.05, 3.63) is 47.7 Å². The van der Waals surface area contributed by atoms with Crippen LogP contribution in [-0.4, -0.2) is 49.4 Å². The third kappa shape index (κ3) is 6.93. The number of carbonyl (C=O) groups is 1. The van der Waals surface area contributed by atoms with Crippen LogP contribution in [0.25, 0.3) is 0 Å². The number of benzene rings is 1. The fraction of sp³-hybridized carbons (Fsp3) is 0.478. The molecule has 6 nitrogen and oxygen atoms in total. The van der Waals surface area contributed by atoms with E-state index in [2.05, 4.69) is 27.5 Å². The lowest BCUT2D eigenvalue weighted by Gasteiger charge is -2.26. The quantitative estimate of drug-likeness (QED) is 0.461. The Labute approximate surface area is 186 Å². The van der Waals surface area contributed by atoms with Crippen LogP contribution in [0.4, 0.5) is 24.5 Å². The number of hydrogen-bond donors (Lipinski definition) is 3. The monoisotopic (exact) mass is 449 g/mol. The van der Waals surface area contributed by atoms with Crippen molar-refractivity contribution >= 4 is 23.1 Å². The van der Waals surface area contributed by atoms with Crippen molar-refractivity contribution in [3.63, 3.8) is 0 Å². The Kier molecular flexibility index (Phi) is 8.09. The van der Waals surface area contributed by atoms with Gasteiger partial charge in [0.15, 0.2) is 0 Å². The minimum absolute atomic E-state index is 0.0958. The first-order valence-electron chi connectivity index (χ1n) is 10.8. The molecule has 2 heterocycles. The number of amidine groups is 1. The second-order valence-electron chi connectivity index (χ2n) is 8.17. The fourth-order valence-corrected chi connectivity index (χ4v) is 3.80. The summed E-state index contributed by atoms with van der Waals surface area (Å²) >= 11 is 0. The molecule has 0 spiro atoms. The number of carbonyl (C=O) groups excluding carboxylic acids is 1. The van der Waals surface area contributed by atoms with Crippen molar-refractivity contribution in [1.29, 1.82) is 0 Å². The molecule has 3 N–H and O–H groups in total. The zero-order chi connectivity index (χ0) is 23.1. The number of nitrogens with one attached hydrogen (secondary N) is 3. The van der Waals surface area contributed by atoms with E-state index in [0.29, 0.717) is 12.4 Å². The first kappa shape index (κ1) is 24.0. The highest BCUT2D eigenvalue weighted by atomic mass is 19.4. The van der Waals surface area contributed by atoms with Gasteiger partial charge in [-0.3, -0.25) is 9.69 Å². The maximum absolute atomic E-state index is 13.7. The molecule has 9 heteroatoms. The van der Waals surface area contributed by atoms with E-state index >= 15 is 0 Å². The average molecular weight is 450 g/mol. The van der Waals surface area contributed by atoms with Crippen LogP contribution in [0.15, 0.2) is 47.1 Å². The Hall–Kier alpha value is -2.65. The number of piperidine rings is 2. The molecule has 32 heavy (non-hydrogen) atoms. The van der Waals surface area contributed by atoms with Crippen LogP contribution >= 0.6 is 0 Å². The number of halogens is 3. The van der Waals surface area contributed by atoms with Gasteiger partial charge in [-0.05, 0) is 75.2 Å². The zero-order valence-electron chi connectivity index (χ0n) is 18.3. The lowest BCUT2D eigenvalue weighted by atomic mass is 10.0. The largest absolute Gasteiger partial charge is 0.418 e. The Bertz CT molecular complexity index is 901. The molecule has 0 aliphatic carbocycles. The van der Waals surface area contributed by atoms with Crippen molar-refractivity contribution in [3.8, 4) is 0 Å². The van der Waals surface area contributed by atoms with E-state index in [9.17, 15) is 18.0 Å². The molecule has 174 valence electrons. The van der Waals surface area contributed by atoms with Crippen LogP contribution in [0.1, 0.15) is 38.2 Å². The molecule has 0 atom stereocenters. The number of amides is 1. The maximum atomic E-state index is 13.7. The van der Waals surface area contributed by atoms with E-state index < -0.39 is 17.6 Å². The lowest BCUT2D eigenvalue weighted by Crippen LogP contribution is -2.37. The van der Waals surface area contributed by atoms with Gasteiger partial charge in [-0.15, -0.1) is 0 Å². The number of aliphatic imine (C=N–C) groups is 1. The zero-order valence-corrected chi connectivity index (χ0v) is 18.3. The second-order valence-corrected chi connectivity index (χ2v) is 8.17. The van der Waals surface area contributed by atoms with Gasteiger partial charge in [-0.1, -0.05) is 13.0 Å². The van der Waals surface area contributed by atoms with Gasteiger partial charge in [0.05, 0.1) is 17.8 Å². The predicted molar refractivity (Wildman–Crippen MR) is 122 cm³/mol. The maximum Gasteiger partial charge on any atom is 0.418 e. The number of rotatable bonds is 5. The Morgan fingerprint density at radius 3 is 2.69 bits per heavy atom. The molecule has 2 saturated heterocycles. The molecule has 0 aromatic heterocycles. The Morgan fingerprint density at radius 1 is 1.25 bits per heavy atom. The molecule has 0 unspecified atom stereocenters. The summed E-state index contributed by atoms with van der Waals surface area (Å²) in [5.74, 6) is 0.0171. The summed E-state index contributed by atoms with van der Waals surface area (Å²) in [6, 6.07) is 3.77. The Balaban J connectivity index is 1.70. The first-order valence-corrected chi connectivity index (χ1v) is 10.8. The van der Waals surface area contributed by atoms with Crippen LogP contribution in [0.3, 0.4) is 0 Å². The Morgan fingerprint density at radius 2 is 2.00 bits per heavy atom. The molecule has 0 saturated carbocycles. The number of nitrogens with zero attached hydrogens (tertiary/aromatic N) is 2. The number of likely N-dealkylation sites (tertiary alicyclic amines) is 1. The van der Waals surface area contributed by atoms with Crippen molar-refractivity contribution in [1.82, 2.24) is 10.2 Å². The standard InChI is InChI=1S/C23H30F3N5O/c1-16-13-27-9-8-18(16)14-28-17(2)29-19-6-7-21(20(12-19)23(24,25)26)30-22(32)15-31-10-4-3-5-11-31/h6-7,12,14,27H,1,3-5,8-11,13,15H2,2H3,(H,28,29)(H,30,32)/b18-14-. The molecule has 1 aromatic carbocycles. The second kappa shape index (κ2) is 10.8. The van der Waals surface area contributed by atoms with Gasteiger partial charge in [0.25, 0.3) is 0 Å². The van der Waals surface area contributed by atoms with Gasteiger partial charge in [0.1, 0.15) is 5.84 Å². The van der Waals surface area contributed by atoms with E-state index in [4.69, 9.17) is 0 Å². The normalized spacial score (nSPS) is 19.8. The van der Waals surface area contributed by atoms with Gasteiger partial charge in [0.2, 0.25) is 5.91 Å². The summed E-state index contributed by atoms with van der Waals surface area (Å²) in [5.41, 5.74) is 1.08. The van der Waals surface area contributed by atoms with Crippen LogP contribution in [0.5, 0.6) is 0 Å². The highest BCUT2D eigenvalue weighted by molar-refractivity contribution is 5.96. The van der Waals surface area contributed by atoms with E-state index in [1.165, 1.54) is 12.1 Å². The molecule has 2 aliphatic rings. The first-order chi connectivity index (χ1) is 15.2. The topological polar surface area (TPSA) is 68.8 Å². The third-order valence-corrected chi connectivity index (χ3v) is 5.52. The highest BCUT2D eigenvalue weighted by Gasteiger charge is 2.34. The van der Waals surface area contributed by atoms with Crippen molar-refractivity contribution < 1.29 is 18.0 Å². The van der Waals surface area contributed by atoms with Gasteiger partial charge < -0.3 is 16.0 Å². The summed E-state index contributed by atoms with van der Waals surface area (Å²) in [7, 11) is 0. The van der Waals surface area contributed by atoms with Crippen LogP contribution in [0, 0.1) is 0 Å². The minimum Gasteiger partial charge on any atom is -0.344 e. The van der Waals surface area contributed by atoms with E-state index in [1.807, 2.05) is 4.90 Å². The molecule has 1 amide bonds. The summed E-state index contributed by atoms with van der Waals surface area (Å²) < 4.78 is 41.0. The van der Waals surface area contributed by atoms with Gasteiger partial charge >= 0.3 is 6.18 Å². The number of hydrogen-bond acceptors (Lipinski definition) is 4. The highest BCUT2D eigenvalue weighted by Crippen LogP contribution is 2.36. The van der Waals surface area contributed by atoms with Crippen LogP contribution < -0.4 is 16.0 Å². The van der Waals surface area contributed by atoms with Gasteiger partial charge in [0, 0.05) is 18.4 Å². The number of alkyl halides is 3. The van der Waals surface area contributed by atoms with E-state index in [0.717, 1.165) is 62.5 Å². The lowest BCUT2D eigenvalue weighted by molar-refractivity contribution is -0.136. The minimum atomic E-state index is -4.61. The SMILES string of the molecule is C=C1CNCC/C1=C/N=C(C)Nc1ccc(NC(=O)CN2CCCCC2)c(C(F)(F)F)c1. The molecular weight excluding hydrogens is 419 g/mol. The molecule has 1 aromatic rings. The van der Waals surface area contributed by atoms with Crippen LogP contribution in [-0.2, 0) is 11.0 Å². The number of anilines is 2. The van der Waals surface area contributed by atoms with Gasteiger partial charge in [-0.25, -0.2) is 4.99 Å². The molecular formula is C23H30F3N5O. The molecule has 2 fully saturated rings. The molecule has 0 bridgehead atoms. The predicted octanol–water partition coefficient (Wildman–Crippen LogP) is 4.39. The molecule has 2 aliphatic heterocycles. The van der Waals surface area contributed by atoms with Gasteiger partial charge in [-0.2, -0.15) is 13.2 Å². The van der Waals surface area contributed by atoms with E-state index in [1.54, 1.807) is 13.1 Å². The summed E-state index contributed by atoms with van der Waals surface area (Å²) in [4.78, 5) is 18.6. The van der Waals surface area contributed by atoms with Crippen molar-refractivity contribution in [2.75, 3.05) is 43.4 Å². The van der Waals surface area contributed by atoms with Crippen LogP contribution in [0.2, 0.25) is 0 Å². The molecule has 0 radical (unpaired) electrons. The summed E-state index contributed by atoms with van der Waals surface area (Å²) in [6.45, 7) is 8.89. The summed E-state index contributed by atoms with van der Waals surface area (Å²) in [6.07, 6.45) is 1.03.